The van der Waals surface area contributed by atoms with Crippen molar-refractivity contribution in [3.63, 3.8) is 0 Å². The molecule has 2 bridgehead atoms. The predicted molar refractivity (Wildman–Crippen MR) is 38.8 cm³/mol. The Labute approximate surface area is 56.6 Å². The summed E-state index contributed by atoms with van der Waals surface area (Å²) in [6, 6.07) is 0.911. The Hall–Kier alpha value is -0.0800. The molecule has 2 rings (SSSR count). The Morgan fingerprint density at radius 1 is 1.11 bits per heavy atom. The fraction of sp³-hybridized carbons (Fsp3) is 1.00. The van der Waals surface area contributed by atoms with Gasteiger partial charge in [0.1, 0.15) is 0 Å². The first-order chi connectivity index (χ1) is 3.95. The summed E-state index contributed by atoms with van der Waals surface area (Å²) in [7, 11) is 0. The fourth-order valence-electron chi connectivity index (χ4n) is 2.01. The van der Waals surface area contributed by atoms with Crippen LogP contribution >= 0.6 is 0 Å². The lowest BCUT2D eigenvalue weighted by Gasteiger charge is -2.19. The molecule has 1 saturated heterocycles. The van der Waals surface area contributed by atoms with Gasteiger partial charge in [0.2, 0.25) is 0 Å². The van der Waals surface area contributed by atoms with Crippen LogP contribution in [-0.2, 0) is 0 Å². The standard InChI is InChI=1S/C7H13N.H3N/c1-2-7-5-6(1)3-4-8-7;/h6-8H,1-5H2;1H3. The minimum Gasteiger partial charge on any atom is -0.344 e. The summed E-state index contributed by atoms with van der Waals surface area (Å²) in [6.07, 6.45) is 5.86. The third-order valence-electron chi connectivity index (χ3n) is 2.53. The van der Waals surface area contributed by atoms with Gasteiger partial charge in [-0.3, -0.25) is 0 Å². The molecule has 0 aromatic heterocycles. The second-order valence-electron chi connectivity index (χ2n) is 3.12. The lowest BCUT2D eigenvalue weighted by molar-refractivity contribution is 0.391. The average Bonchev–Trinajstić information content (AvgIpc) is 2.12. The highest BCUT2D eigenvalue weighted by molar-refractivity contribution is 4.85. The summed E-state index contributed by atoms with van der Waals surface area (Å²) in [4.78, 5) is 0. The summed E-state index contributed by atoms with van der Waals surface area (Å²) in [5.74, 6) is 1.10. The molecule has 2 atom stereocenters. The van der Waals surface area contributed by atoms with Crippen molar-refractivity contribution in [2.24, 2.45) is 5.92 Å². The third kappa shape index (κ3) is 1.25. The molecular formula is C7H16N2. The monoisotopic (exact) mass is 128 g/mol. The molecule has 1 aliphatic heterocycles. The molecule has 0 radical (unpaired) electrons. The van der Waals surface area contributed by atoms with E-state index in [1.165, 1.54) is 32.2 Å². The summed E-state index contributed by atoms with van der Waals surface area (Å²) < 4.78 is 0. The van der Waals surface area contributed by atoms with E-state index in [4.69, 9.17) is 0 Å². The van der Waals surface area contributed by atoms with Gasteiger partial charge in [-0.1, -0.05) is 0 Å². The van der Waals surface area contributed by atoms with Crippen LogP contribution in [0.25, 0.3) is 0 Å². The SMILES string of the molecule is C1CC2CCC(C2)N1.N. The van der Waals surface area contributed by atoms with E-state index < -0.39 is 0 Å². The largest absolute Gasteiger partial charge is 0.344 e. The van der Waals surface area contributed by atoms with Crippen LogP contribution in [0.15, 0.2) is 0 Å². The van der Waals surface area contributed by atoms with Crippen LogP contribution in [0.1, 0.15) is 25.7 Å². The Kier molecular flexibility index (Phi) is 2.09. The molecule has 1 saturated carbocycles. The van der Waals surface area contributed by atoms with Crippen LogP contribution < -0.4 is 11.5 Å². The molecule has 0 amide bonds. The molecule has 1 heterocycles. The summed E-state index contributed by atoms with van der Waals surface area (Å²) in [6.45, 7) is 1.29. The maximum Gasteiger partial charge on any atom is 0.00698 e. The average molecular weight is 128 g/mol. The van der Waals surface area contributed by atoms with Crippen LogP contribution in [0.5, 0.6) is 0 Å². The summed E-state index contributed by atoms with van der Waals surface area (Å²) >= 11 is 0. The van der Waals surface area contributed by atoms with Gasteiger partial charge in [-0.2, -0.15) is 0 Å². The van der Waals surface area contributed by atoms with Crippen molar-refractivity contribution in [1.82, 2.24) is 11.5 Å². The molecular weight excluding hydrogens is 112 g/mol. The number of piperidine rings is 1. The normalized spacial score (nSPS) is 40.0. The Bertz CT molecular complexity index is 78.9. The van der Waals surface area contributed by atoms with Crippen LogP contribution in [0.2, 0.25) is 0 Å². The van der Waals surface area contributed by atoms with Crippen molar-refractivity contribution in [1.29, 1.82) is 0 Å². The molecule has 2 fully saturated rings. The fourth-order valence-corrected chi connectivity index (χ4v) is 2.01. The van der Waals surface area contributed by atoms with Gasteiger partial charge in [-0.15, -0.1) is 0 Å². The van der Waals surface area contributed by atoms with Gasteiger partial charge in [0.05, 0.1) is 0 Å². The molecule has 54 valence electrons. The zero-order chi connectivity index (χ0) is 5.40. The molecule has 2 nitrogen and oxygen atoms in total. The lowest BCUT2D eigenvalue weighted by Crippen LogP contribution is -2.31. The van der Waals surface area contributed by atoms with E-state index in [1.54, 1.807) is 0 Å². The molecule has 2 aliphatic rings. The van der Waals surface area contributed by atoms with Crippen molar-refractivity contribution in [3.8, 4) is 0 Å². The zero-order valence-electron chi connectivity index (χ0n) is 5.90. The highest BCUT2D eigenvalue weighted by atomic mass is 14.9. The van der Waals surface area contributed by atoms with E-state index in [2.05, 4.69) is 5.32 Å². The van der Waals surface area contributed by atoms with Crippen LogP contribution in [0.4, 0.5) is 0 Å². The Morgan fingerprint density at radius 3 is 2.67 bits per heavy atom. The topological polar surface area (TPSA) is 47.0 Å². The molecule has 4 N–H and O–H groups in total. The van der Waals surface area contributed by atoms with E-state index in [0.29, 0.717) is 0 Å². The molecule has 2 unspecified atom stereocenters. The minimum absolute atomic E-state index is 0. The molecule has 2 heteroatoms. The highest BCUT2D eigenvalue weighted by Gasteiger charge is 2.27. The molecule has 0 aromatic carbocycles. The number of nitrogens with one attached hydrogen (secondary N) is 1. The van der Waals surface area contributed by atoms with Gasteiger partial charge in [0.25, 0.3) is 0 Å². The number of hydrogen-bond acceptors (Lipinski definition) is 2. The zero-order valence-corrected chi connectivity index (χ0v) is 5.90. The van der Waals surface area contributed by atoms with Crippen molar-refractivity contribution >= 4 is 0 Å². The maximum atomic E-state index is 3.51. The van der Waals surface area contributed by atoms with Gasteiger partial charge < -0.3 is 11.5 Å². The highest BCUT2D eigenvalue weighted by Crippen LogP contribution is 2.30. The van der Waals surface area contributed by atoms with Crippen molar-refractivity contribution in [2.45, 2.75) is 31.7 Å². The van der Waals surface area contributed by atoms with Crippen LogP contribution in [0, 0.1) is 5.92 Å². The molecule has 9 heavy (non-hydrogen) atoms. The van der Waals surface area contributed by atoms with Crippen molar-refractivity contribution < 1.29 is 0 Å². The predicted octanol–water partition coefficient (Wildman–Crippen LogP) is 1.31. The van der Waals surface area contributed by atoms with E-state index in [9.17, 15) is 0 Å². The molecule has 1 aliphatic carbocycles. The quantitative estimate of drug-likeness (QED) is 0.516. The van der Waals surface area contributed by atoms with E-state index in [0.717, 1.165) is 12.0 Å². The van der Waals surface area contributed by atoms with Gasteiger partial charge in [0, 0.05) is 6.04 Å². The van der Waals surface area contributed by atoms with Crippen molar-refractivity contribution in [2.75, 3.05) is 6.54 Å². The second kappa shape index (κ2) is 2.67. The van der Waals surface area contributed by atoms with Crippen LogP contribution in [0.3, 0.4) is 0 Å². The van der Waals surface area contributed by atoms with E-state index >= 15 is 0 Å². The minimum atomic E-state index is 0. The van der Waals surface area contributed by atoms with Gasteiger partial charge in [-0.05, 0) is 38.1 Å². The van der Waals surface area contributed by atoms with Gasteiger partial charge >= 0.3 is 0 Å². The number of fused-ring (bicyclic) bond motifs is 2. The molecule has 0 aromatic rings. The molecule has 0 spiro atoms. The van der Waals surface area contributed by atoms with Gasteiger partial charge in [-0.25, -0.2) is 0 Å². The first kappa shape index (κ1) is 7.03. The summed E-state index contributed by atoms with van der Waals surface area (Å²) in [5, 5.41) is 3.51. The first-order valence-corrected chi connectivity index (χ1v) is 3.68. The van der Waals surface area contributed by atoms with Gasteiger partial charge in [0.15, 0.2) is 0 Å². The summed E-state index contributed by atoms with van der Waals surface area (Å²) in [5.41, 5.74) is 0. The van der Waals surface area contributed by atoms with E-state index in [1.807, 2.05) is 0 Å². The van der Waals surface area contributed by atoms with Crippen LogP contribution in [-0.4, -0.2) is 12.6 Å². The Balaban J connectivity index is 0.000000405. The lowest BCUT2D eigenvalue weighted by atomic mass is 10.0. The number of rotatable bonds is 0. The van der Waals surface area contributed by atoms with Crippen molar-refractivity contribution in [3.05, 3.63) is 0 Å². The maximum absolute atomic E-state index is 3.51. The first-order valence-electron chi connectivity index (χ1n) is 3.68. The second-order valence-corrected chi connectivity index (χ2v) is 3.12. The van der Waals surface area contributed by atoms with E-state index in [-0.39, 0.29) is 6.15 Å². The third-order valence-corrected chi connectivity index (χ3v) is 2.53. The Morgan fingerprint density at radius 2 is 2.00 bits per heavy atom. The number of hydrogen-bond donors (Lipinski definition) is 2. The smallest absolute Gasteiger partial charge is 0.00698 e.